The van der Waals surface area contributed by atoms with Gasteiger partial charge < -0.3 is 4.74 Å². The van der Waals surface area contributed by atoms with Gasteiger partial charge in [0, 0.05) is 24.0 Å². The number of pyridine rings is 1. The minimum absolute atomic E-state index is 0.835. The Kier molecular flexibility index (Phi) is 2.72. The summed E-state index contributed by atoms with van der Waals surface area (Å²) in [5.41, 5.74) is 3.18. The van der Waals surface area contributed by atoms with Gasteiger partial charge in [-0.2, -0.15) is 0 Å². The van der Waals surface area contributed by atoms with Gasteiger partial charge in [-0.15, -0.1) is 11.3 Å². The Labute approximate surface area is 109 Å². The molecule has 0 atom stereocenters. The first-order chi connectivity index (χ1) is 8.76. The minimum Gasteiger partial charge on any atom is -0.497 e. The molecule has 0 fully saturated rings. The quantitative estimate of drug-likeness (QED) is 0.701. The molecular formula is C14H12N2OS. The lowest BCUT2D eigenvalue weighted by Crippen LogP contribution is -1.82. The fourth-order valence-electron chi connectivity index (χ4n) is 1.83. The van der Waals surface area contributed by atoms with Crippen LogP contribution in [0.15, 0.2) is 36.7 Å². The molecule has 0 radical (unpaired) electrons. The van der Waals surface area contributed by atoms with Crippen LogP contribution in [0.1, 0.15) is 5.56 Å². The van der Waals surface area contributed by atoms with E-state index >= 15 is 0 Å². The van der Waals surface area contributed by atoms with Gasteiger partial charge in [0.15, 0.2) is 0 Å². The van der Waals surface area contributed by atoms with Gasteiger partial charge in [-0.1, -0.05) is 0 Å². The summed E-state index contributed by atoms with van der Waals surface area (Å²) in [7, 11) is 1.67. The van der Waals surface area contributed by atoms with Crippen LogP contribution in [0.25, 0.3) is 20.8 Å². The van der Waals surface area contributed by atoms with E-state index in [1.54, 1.807) is 18.4 Å². The topological polar surface area (TPSA) is 35.0 Å². The molecule has 0 saturated heterocycles. The Morgan fingerprint density at radius 3 is 2.83 bits per heavy atom. The number of nitrogens with zero attached hydrogens (tertiary/aromatic N) is 2. The molecule has 18 heavy (non-hydrogen) atoms. The van der Waals surface area contributed by atoms with Gasteiger partial charge in [-0.25, -0.2) is 4.98 Å². The molecule has 0 aliphatic heterocycles. The van der Waals surface area contributed by atoms with E-state index in [1.165, 1.54) is 0 Å². The van der Waals surface area contributed by atoms with Gasteiger partial charge >= 0.3 is 0 Å². The van der Waals surface area contributed by atoms with E-state index in [0.717, 1.165) is 32.1 Å². The molecule has 2 heterocycles. The maximum atomic E-state index is 5.21. The molecule has 3 rings (SSSR count). The number of aromatic nitrogens is 2. The standard InChI is InChI=1S/C14H12N2OS/c1-9-5-10(8-15-7-9)14-16-12-6-11(17-2)3-4-13(12)18-14/h3-8H,1-2H3. The van der Waals surface area contributed by atoms with Crippen molar-refractivity contribution in [3.8, 4) is 16.3 Å². The third-order valence-corrected chi connectivity index (χ3v) is 3.80. The summed E-state index contributed by atoms with van der Waals surface area (Å²) in [5, 5.41) is 0.995. The molecular weight excluding hydrogens is 244 g/mol. The second kappa shape index (κ2) is 4.38. The zero-order valence-electron chi connectivity index (χ0n) is 10.2. The fourth-order valence-corrected chi connectivity index (χ4v) is 2.76. The highest BCUT2D eigenvalue weighted by Gasteiger charge is 2.07. The number of rotatable bonds is 2. The van der Waals surface area contributed by atoms with Crippen molar-refractivity contribution in [1.29, 1.82) is 0 Å². The summed E-state index contributed by atoms with van der Waals surface area (Å²) in [4.78, 5) is 8.84. The first-order valence-electron chi connectivity index (χ1n) is 5.63. The van der Waals surface area contributed by atoms with Crippen LogP contribution in [-0.2, 0) is 0 Å². The molecule has 0 amide bonds. The molecule has 0 saturated carbocycles. The van der Waals surface area contributed by atoms with Crippen molar-refractivity contribution in [1.82, 2.24) is 9.97 Å². The summed E-state index contributed by atoms with van der Waals surface area (Å²) < 4.78 is 6.37. The van der Waals surface area contributed by atoms with E-state index in [9.17, 15) is 0 Å². The molecule has 4 heteroatoms. The Morgan fingerprint density at radius 1 is 1.17 bits per heavy atom. The summed E-state index contributed by atoms with van der Waals surface area (Å²) in [6, 6.07) is 8.05. The van der Waals surface area contributed by atoms with Crippen LogP contribution in [0, 0.1) is 6.92 Å². The number of methoxy groups -OCH3 is 1. The summed E-state index contributed by atoms with van der Waals surface area (Å²) in [6.07, 6.45) is 3.70. The highest BCUT2D eigenvalue weighted by atomic mass is 32.1. The molecule has 3 aromatic rings. The number of hydrogen-bond acceptors (Lipinski definition) is 4. The molecule has 0 aliphatic rings. The Morgan fingerprint density at radius 2 is 2.06 bits per heavy atom. The Bertz CT molecular complexity index is 706. The highest BCUT2D eigenvalue weighted by molar-refractivity contribution is 7.21. The average molecular weight is 256 g/mol. The number of hydrogen-bond donors (Lipinski definition) is 0. The minimum atomic E-state index is 0.835. The molecule has 2 aromatic heterocycles. The largest absolute Gasteiger partial charge is 0.497 e. The molecule has 1 aromatic carbocycles. The normalized spacial score (nSPS) is 10.8. The second-order valence-corrected chi connectivity index (χ2v) is 5.13. The zero-order valence-corrected chi connectivity index (χ0v) is 11.0. The Hall–Kier alpha value is -1.94. The van der Waals surface area contributed by atoms with E-state index in [-0.39, 0.29) is 0 Å². The predicted octanol–water partition coefficient (Wildman–Crippen LogP) is 3.68. The smallest absolute Gasteiger partial charge is 0.126 e. The van der Waals surface area contributed by atoms with E-state index in [0.29, 0.717) is 0 Å². The lowest BCUT2D eigenvalue weighted by atomic mass is 10.2. The zero-order chi connectivity index (χ0) is 12.5. The van der Waals surface area contributed by atoms with Gasteiger partial charge in [0.05, 0.1) is 17.3 Å². The first-order valence-corrected chi connectivity index (χ1v) is 6.44. The molecule has 0 unspecified atom stereocenters. The lowest BCUT2D eigenvalue weighted by molar-refractivity contribution is 0.415. The van der Waals surface area contributed by atoms with Gasteiger partial charge in [-0.05, 0) is 30.7 Å². The number of ether oxygens (including phenoxy) is 1. The average Bonchev–Trinajstić information content (AvgIpc) is 2.81. The van der Waals surface area contributed by atoms with E-state index in [2.05, 4.69) is 16.0 Å². The highest BCUT2D eigenvalue weighted by Crippen LogP contribution is 2.31. The second-order valence-electron chi connectivity index (χ2n) is 4.10. The van der Waals surface area contributed by atoms with Gasteiger partial charge in [0.2, 0.25) is 0 Å². The van der Waals surface area contributed by atoms with E-state index < -0.39 is 0 Å². The molecule has 90 valence electrons. The van der Waals surface area contributed by atoms with Crippen LogP contribution >= 0.6 is 11.3 Å². The van der Waals surface area contributed by atoms with Crippen LogP contribution in [0.2, 0.25) is 0 Å². The summed E-state index contributed by atoms with van der Waals surface area (Å²) in [5.74, 6) is 0.835. The molecule has 0 N–H and O–H groups in total. The summed E-state index contributed by atoms with van der Waals surface area (Å²) in [6.45, 7) is 2.03. The van der Waals surface area contributed by atoms with Crippen LogP contribution in [0.5, 0.6) is 5.75 Å². The summed E-state index contributed by atoms with van der Waals surface area (Å²) >= 11 is 1.67. The lowest BCUT2D eigenvalue weighted by Gasteiger charge is -1.96. The van der Waals surface area contributed by atoms with Crippen LogP contribution in [-0.4, -0.2) is 17.1 Å². The third kappa shape index (κ3) is 1.95. The van der Waals surface area contributed by atoms with Crippen LogP contribution < -0.4 is 4.74 Å². The third-order valence-electron chi connectivity index (χ3n) is 2.72. The monoisotopic (exact) mass is 256 g/mol. The van der Waals surface area contributed by atoms with Crippen LogP contribution in [0.4, 0.5) is 0 Å². The van der Waals surface area contributed by atoms with Crippen molar-refractivity contribution in [2.24, 2.45) is 0 Å². The Balaban J connectivity index is 2.13. The van der Waals surface area contributed by atoms with Gasteiger partial charge in [0.25, 0.3) is 0 Å². The van der Waals surface area contributed by atoms with Crippen molar-refractivity contribution >= 4 is 21.6 Å². The maximum Gasteiger partial charge on any atom is 0.126 e. The predicted molar refractivity (Wildman–Crippen MR) is 74.1 cm³/mol. The SMILES string of the molecule is COc1ccc2sc(-c3cncc(C)c3)nc2c1. The fraction of sp³-hybridized carbons (Fsp3) is 0.143. The van der Waals surface area contributed by atoms with Gasteiger partial charge in [-0.3, -0.25) is 4.98 Å². The number of benzene rings is 1. The molecule has 0 aliphatic carbocycles. The molecule has 3 nitrogen and oxygen atoms in total. The van der Waals surface area contributed by atoms with Crippen molar-refractivity contribution < 1.29 is 4.74 Å². The molecule has 0 bridgehead atoms. The van der Waals surface area contributed by atoms with Crippen LogP contribution in [0.3, 0.4) is 0 Å². The number of fused-ring (bicyclic) bond motifs is 1. The van der Waals surface area contributed by atoms with E-state index in [1.807, 2.05) is 37.5 Å². The van der Waals surface area contributed by atoms with Crippen molar-refractivity contribution in [3.63, 3.8) is 0 Å². The number of aryl methyl sites for hydroxylation is 1. The first kappa shape index (κ1) is 11.2. The van der Waals surface area contributed by atoms with E-state index in [4.69, 9.17) is 4.74 Å². The number of thiazole rings is 1. The molecule has 0 spiro atoms. The van der Waals surface area contributed by atoms with Gasteiger partial charge in [0.1, 0.15) is 10.8 Å². The van der Waals surface area contributed by atoms with Crippen molar-refractivity contribution in [3.05, 3.63) is 42.2 Å². The van der Waals surface area contributed by atoms with Crippen molar-refractivity contribution in [2.45, 2.75) is 6.92 Å². The van der Waals surface area contributed by atoms with Crippen molar-refractivity contribution in [2.75, 3.05) is 7.11 Å². The maximum absolute atomic E-state index is 5.21.